The number of fused-ring (bicyclic) bond motifs is 1. The standard InChI is InChI=1S/C27H23N3OS/c1-27(25(31)29-26-30-28-18-32-26)17-22-15-14-20(13-12-19-8-4-2-5-9-19)16-23(22)24(27)21-10-6-3-7-11-21/h2-16,18,24H,17H2,1H3,(H,29,30,31)/b13-12+/t24-,27+/m0/s1. The van der Waals surface area contributed by atoms with E-state index in [1.807, 2.05) is 36.4 Å². The average molecular weight is 438 g/mol. The summed E-state index contributed by atoms with van der Waals surface area (Å²) in [5.41, 5.74) is 6.85. The number of aromatic nitrogens is 2. The number of benzene rings is 3. The zero-order valence-corrected chi connectivity index (χ0v) is 18.5. The third kappa shape index (κ3) is 3.87. The van der Waals surface area contributed by atoms with Crippen LogP contribution in [-0.2, 0) is 11.2 Å². The van der Waals surface area contributed by atoms with Crippen molar-refractivity contribution in [3.63, 3.8) is 0 Å². The summed E-state index contributed by atoms with van der Waals surface area (Å²) in [5.74, 6) is -0.0719. The number of nitrogens with zero attached hydrogens (tertiary/aromatic N) is 2. The minimum absolute atomic E-state index is 0.0271. The Labute approximate surface area is 191 Å². The van der Waals surface area contributed by atoms with Gasteiger partial charge >= 0.3 is 0 Å². The molecule has 0 saturated carbocycles. The van der Waals surface area contributed by atoms with E-state index in [2.05, 4.69) is 77.1 Å². The number of rotatable bonds is 5. The molecule has 0 fully saturated rings. The Balaban J connectivity index is 1.53. The maximum absolute atomic E-state index is 13.5. The predicted octanol–water partition coefficient (Wildman–Crippen LogP) is 6.04. The van der Waals surface area contributed by atoms with E-state index in [4.69, 9.17) is 0 Å². The van der Waals surface area contributed by atoms with Crippen molar-refractivity contribution in [2.45, 2.75) is 19.3 Å². The Morgan fingerprint density at radius 2 is 1.72 bits per heavy atom. The average Bonchev–Trinajstić information content (AvgIpc) is 3.44. The Hall–Kier alpha value is -3.57. The summed E-state index contributed by atoms with van der Waals surface area (Å²) in [7, 11) is 0. The number of amides is 1. The number of hydrogen-bond donors (Lipinski definition) is 1. The van der Waals surface area contributed by atoms with Crippen molar-refractivity contribution < 1.29 is 4.79 Å². The van der Waals surface area contributed by atoms with E-state index in [9.17, 15) is 4.79 Å². The zero-order chi connectivity index (χ0) is 22.0. The lowest BCUT2D eigenvalue weighted by molar-refractivity contribution is -0.125. The van der Waals surface area contributed by atoms with Gasteiger partial charge in [0, 0.05) is 5.92 Å². The number of carbonyl (C=O) groups excluding carboxylic acids is 1. The molecule has 2 atom stereocenters. The van der Waals surface area contributed by atoms with Crippen molar-refractivity contribution in [3.8, 4) is 0 Å². The van der Waals surface area contributed by atoms with Crippen LogP contribution in [0.25, 0.3) is 12.2 Å². The lowest BCUT2D eigenvalue weighted by Gasteiger charge is -2.30. The molecule has 1 amide bonds. The van der Waals surface area contributed by atoms with Crippen molar-refractivity contribution in [2.75, 3.05) is 5.32 Å². The molecule has 1 N–H and O–H groups in total. The first-order chi connectivity index (χ1) is 15.6. The highest BCUT2D eigenvalue weighted by Crippen LogP contribution is 2.51. The van der Waals surface area contributed by atoms with Gasteiger partial charge in [-0.3, -0.25) is 4.79 Å². The van der Waals surface area contributed by atoms with Gasteiger partial charge in [0.2, 0.25) is 11.0 Å². The minimum Gasteiger partial charge on any atom is -0.300 e. The molecular weight excluding hydrogens is 414 g/mol. The minimum atomic E-state index is -0.628. The van der Waals surface area contributed by atoms with E-state index >= 15 is 0 Å². The van der Waals surface area contributed by atoms with Crippen molar-refractivity contribution >= 4 is 34.5 Å². The van der Waals surface area contributed by atoms with Gasteiger partial charge in [0.25, 0.3) is 0 Å². The maximum atomic E-state index is 13.5. The predicted molar refractivity (Wildman–Crippen MR) is 130 cm³/mol. The second-order valence-electron chi connectivity index (χ2n) is 8.34. The van der Waals surface area contributed by atoms with Crippen LogP contribution < -0.4 is 5.32 Å². The Bertz CT molecular complexity index is 1250. The Kier molecular flexibility index (Phi) is 5.41. The molecule has 1 heterocycles. The van der Waals surface area contributed by atoms with Crippen molar-refractivity contribution in [1.82, 2.24) is 10.2 Å². The van der Waals surface area contributed by atoms with E-state index in [1.165, 1.54) is 22.5 Å². The maximum Gasteiger partial charge on any atom is 0.233 e. The highest BCUT2D eigenvalue weighted by atomic mass is 32.1. The summed E-state index contributed by atoms with van der Waals surface area (Å²) in [6.45, 7) is 2.06. The van der Waals surface area contributed by atoms with Crippen LogP contribution >= 0.6 is 11.3 Å². The molecule has 4 aromatic rings. The molecule has 1 aliphatic carbocycles. The zero-order valence-electron chi connectivity index (χ0n) is 17.7. The normalized spacial score (nSPS) is 19.7. The van der Waals surface area contributed by atoms with Crippen LogP contribution in [0.4, 0.5) is 5.13 Å². The van der Waals surface area contributed by atoms with E-state index in [-0.39, 0.29) is 11.8 Å². The molecule has 1 aliphatic rings. The molecule has 5 rings (SSSR count). The molecule has 1 aromatic heterocycles. The first-order valence-electron chi connectivity index (χ1n) is 10.6. The highest BCUT2D eigenvalue weighted by Gasteiger charge is 2.48. The molecule has 0 unspecified atom stereocenters. The summed E-state index contributed by atoms with van der Waals surface area (Å²) in [4.78, 5) is 13.5. The molecule has 5 heteroatoms. The second-order valence-corrected chi connectivity index (χ2v) is 9.17. The van der Waals surface area contributed by atoms with E-state index in [0.717, 1.165) is 16.7 Å². The first kappa shape index (κ1) is 20.3. The topological polar surface area (TPSA) is 54.9 Å². The molecule has 3 aromatic carbocycles. The molecule has 0 radical (unpaired) electrons. The van der Waals surface area contributed by atoms with Crippen LogP contribution in [0.15, 0.2) is 84.4 Å². The number of carbonyl (C=O) groups is 1. The van der Waals surface area contributed by atoms with Gasteiger partial charge in [0.1, 0.15) is 5.51 Å². The molecule has 0 bridgehead atoms. The number of anilines is 1. The lowest BCUT2D eigenvalue weighted by atomic mass is 9.73. The molecule has 0 aliphatic heterocycles. The van der Waals surface area contributed by atoms with Crippen LogP contribution in [-0.4, -0.2) is 16.1 Å². The van der Waals surface area contributed by atoms with Gasteiger partial charge in [-0.05, 0) is 41.2 Å². The van der Waals surface area contributed by atoms with Crippen LogP contribution in [0, 0.1) is 5.41 Å². The molecule has 0 saturated heterocycles. The third-order valence-electron chi connectivity index (χ3n) is 6.18. The van der Waals surface area contributed by atoms with Gasteiger partial charge in [0.05, 0.1) is 5.41 Å². The molecule has 32 heavy (non-hydrogen) atoms. The number of nitrogens with one attached hydrogen (secondary N) is 1. The number of hydrogen-bond acceptors (Lipinski definition) is 4. The molecule has 0 spiro atoms. The van der Waals surface area contributed by atoms with Gasteiger partial charge < -0.3 is 5.32 Å². The van der Waals surface area contributed by atoms with Crippen molar-refractivity contribution in [3.05, 3.63) is 112 Å². The van der Waals surface area contributed by atoms with Crippen LogP contribution in [0.2, 0.25) is 0 Å². The SMILES string of the molecule is C[C@@]1(C(=O)Nc2nncs2)Cc2ccc(/C=C/c3ccccc3)cc2[C@@H]1c1ccccc1. The quantitative estimate of drug-likeness (QED) is 0.387. The Morgan fingerprint density at radius 1 is 1.00 bits per heavy atom. The van der Waals surface area contributed by atoms with Crippen molar-refractivity contribution in [2.24, 2.45) is 5.41 Å². The molecule has 4 nitrogen and oxygen atoms in total. The van der Waals surface area contributed by atoms with Gasteiger partial charge in [-0.15, -0.1) is 10.2 Å². The summed E-state index contributed by atoms with van der Waals surface area (Å²) < 4.78 is 0. The van der Waals surface area contributed by atoms with Gasteiger partial charge in [-0.1, -0.05) is 102 Å². The van der Waals surface area contributed by atoms with Gasteiger partial charge in [-0.2, -0.15) is 0 Å². The van der Waals surface area contributed by atoms with Gasteiger partial charge in [0.15, 0.2) is 0 Å². The first-order valence-corrected chi connectivity index (χ1v) is 11.5. The smallest absolute Gasteiger partial charge is 0.233 e. The fourth-order valence-electron chi connectivity index (χ4n) is 4.62. The highest BCUT2D eigenvalue weighted by molar-refractivity contribution is 7.13. The summed E-state index contributed by atoms with van der Waals surface area (Å²) in [5, 5.41) is 11.4. The van der Waals surface area contributed by atoms with Crippen LogP contribution in [0.3, 0.4) is 0 Å². The van der Waals surface area contributed by atoms with E-state index < -0.39 is 5.41 Å². The molecular formula is C27H23N3OS. The van der Waals surface area contributed by atoms with E-state index in [0.29, 0.717) is 11.6 Å². The summed E-state index contributed by atoms with van der Waals surface area (Å²) >= 11 is 1.33. The fourth-order valence-corrected chi connectivity index (χ4v) is 5.06. The van der Waals surface area contributed by atoms with Crippen LogP contribution in [0.5, 0.6) is 0 Å². The van der Waals surface area contributed by atoms with Gasteiger partial charge in [-0.25, -0.2) is 0 Å². The largest absolute Gasteiger partial charge is 0.300 e. The third-order valence-corrected chi connectivity index (χ3v) is 6.78. The second kappa shape index (κ2) is 8.52. The lowest BCUT2D eigenvalue weighted by Crippen LogP contribution is -2.37. The van der Waals surface area contributed by atoms with Crippen LogP contribution in [0.1, 0.15) is 40.7 Å². The van der Waals surface area contributed by atoms with E-state index in [1.54, 1.807) is 5.51 Å². The fraction of sp³-hybridized carbons (Fsp3) is 0.148. The summed E-state index contributed by atoms with van der Waals surface area (Å²) in [6.07, 6.45) is 4.93. The monoisotopic (exact) mass is 437 g/mol. The summed E-state index contributed by atoms with van der Waals surface area (Å²) in [6, 6.07) is 27.1. The molecule has 158 valence electrons. The van der Waals surface area contributed by atoms with Crippen molar-refractivity contribution in [1.29, 1.82) is 0 Å². The Morgan fingerprint density at radius 3 is 2.44 bits per heavy atom.